The van der Waals surface area contributed by atoms with Crippen LogP contribution in [0.2, 0.25) is 5.02 Å². The minimum absolute atomic E-state index is 0.117. The topological polar surface area (TPSA) is 81.7 Å². The van der Waals surface area contributed by atoms with Crippen LogP contribution in [0.1, 0.15) is 35.6 Å². The van der Waals surface area contributed by atoms with Crippen LogP contribution in [0.15, 0.2) is 77.7 Å². The van der Waals surface area contributed by atoms with Gasteiger partial charge in [-0.05, 0) is 54.3 Å². The maximum Gasteiger partial charge on any atom is 0.305 e. The van der Waals surface area contributed by atoms with Crippen LogP contribution < -0.4 is 9.46 Å². The Morgan fingerprint density at radius 3 is 2.27 bits per heavy atom. The number of para-hydroxylation sites is 1. The van der Waals surface area contributed by atoms with Gasteiger partial charge in [-0.1, -0.05) is 54.1 Å². The first-order valence-corrected chi connectivity index (χ1v) is 12.3. The van der Waals surface area contributed by atoms with E-state index < -0.39 is 16.1 Å². The monoisotopic (exact) mass is 487 g/mol. The van der Waals surface area contributed by atoms with Gasteiger partial charge >= 0.3 is 5.97 Å². The van der Waals surface area contributed by atoms with E-state index in [2.05, 4.69) is 9.46 Å². The lowest BCUT2D eigenvalue weighted by Gasteiger charge is -2.22. The second kappa shape index (κ2) is 11.3. The zero-order valence-electron chi connectivity index (χ0n) is 18.5. The van der Waals surface area contributed by atoms with Gasteiger partial charge in [-0.2, -0.15) is 4.72 Å². The molecule has 1 N–H and O–H groups in total. The van der Waals surface area contributed by atoms with Crippen molar-refractivity contribution in [2.75, 3.05) is 14.2 Å². The van der Waals surface area contributed by atoms with Crippen LogP contribution in [0.25, 0.3) is 0 Å². The van der Waals surface area contributed by atoms with Crippen molar-refractivity contribution in [1.29, 1.82) is 0 Å². The molecule has 3 aromatic rings. The standard InChI is InChI=1S/C25H26ClNO5S/c1-31-23-8-4-3-7-22(23)25(27-33(29,30)21-16-14-20(26)15-17-21)19-12-10-18(11-13-19)6-5-9-24(28)32-2/h3-4,7-8,10-17,25,27H,5-6,9H2,1-2H3. The summed E-state index contributed by atoms with van der Waals surface area (Å²) < 4.78 is 39.3. The van der Waals surface area contributed by atoms with Gasteiger partial charge < -0.3 is 9.47 Å². The van der Waals surface area contributed by atoms with Crippen LogP contribution in [-0.2, 0) is 26.0 Å². The molecule has 33 heavy (non-hydrogen) atoms. The number of halogens is 1. The first kappa shape index (κ1) is 24.8. The maximum atomic E-state index is 13.2. The number of rotatable bonds is 10. The number of aryl methyl sites for hydroxylation is 1. The van der Waals surface area contributed by atoms with Crippen molar-refractivity contribution in [3.63, 3.8) is 0 Å². The van der Waals surface area contributed by atoms with E-state index in [-0.39, 0.29) is 10.9 Å². The second-order valence-electron chi connectivity index (χ2n) is 7.42. The zero-order chi connectivity index (χ0) is 23.8. The molecule has 0 bridgehead atoms. The quantitative estimate of drug-likeness (QED) is 0.411. The van der Waals surface area contributed by atoms with E-state index in [0.717, 1.165) is 11.1 Å². The molecule has 0 aliphatic heterocycles. The Bertz CT molecular complexity index is 1180. The van der Waals surface area contributed by atoms with Crippen LogP contribution in [0.4, 0.5) is 0 Å². The van der Waals surface area contributed by atoms with Crippen molar-refractivity contribution in [3.05, 3.63) is 94.5 Å². The number of carbonyl (C=O) groups excluding carboxylic acids is 1. The summed E-state index contributed by atoms with van der Waals surface area (Å²) in [7, 11) is -0.925. The average molecular weight is 488 g/mol. The molecule has 174 valence electrons. The van der Waals surface area contributed by atoms with E-state index in [4.69, 9.17) is 16.3 Å². The summed E-state index contributed by atoms with van der Waals surface area (Å²) in [5.74, 6) is 0.336. The summed E-state index contributed by atoms with van der Waals surface area (Å²) in [4.78, 5) is 11.4. The highest BCUT2D eigenvalue weighted by molar-refractivity contribution is 7.89. The molecule has 1 unspecified atom stereocenters. The largest absolute Gasteiger partial charge is 0.496 e. The van der Waals surface area contributed by atoms with E-state index in [0.29, 0.717) is 35.6 Å². The fraction of sp³-hybridized carbons (Fsp3) is 0.240. The highest BCUT2D eigenvalue weighted by atomic mass is 35.5. The third-order valence-corrected chi connectivity index (χ3v) is 6.92. The predicted molar refractivity (Wildman–Crippen MR) is 128 cm³/mol. The predicted octanol–water partition coefficient (Wildman–Crippen LogP) is 4.91. The van der Waals surface area contributed by atoms with Gasteiger partial charge in [0, 0.05) is 17.0 Å². The average Bonchev–Trinajstić information content (AvgIpc) is 2.83. The maximum absolute atomic E-state index is 13.2. The lowest BCUT2D eigenvalue weighted by atomic mass is 9.97. The smallest absolute Gasteiger partial charge is 0.305 e. The van der Waals surface area contributed by atoms with E-state index >= 15 is 0 Å². The van der Waals surface area contributed by atoms with Crippen molar-refractivity contribution in [1.82, 2.24) is 4.72 Å². The van der Waals surface area contributed by atoms with Crippen LogP contribution in [0, 0.1) is 0 Å². The molecule has 0 aromatic heterocycles. The number of esters is 1. The molecule has 0 heterocycles. The summed E-state index contributed by atoms with van der Waals surface area (Å²) in [5, 5.41) is 0.456. The normalized spacial score (nSPS) is 12.2. The van der Waals surface area contributed by atoms with Gasteiger partial charge in [0.05, 0.1) is 25.2 Å². The van der Waals surface area contributed by atoms with E-state index in [1.165, 1.54) is 31.4 Å². The number of methoxy groups -OCH3 is 2. The van der Waals surface area contributed by atoms with Crippen molar-refractivity contribution >= 4 is 27.6 Å². The highest BCUT2D eigenvalue weighted by Gasteiger charge is 2.25. The number of carbonyl (C=O) groups is 1. The summed E-state index contributed by atoms with van der Waals surface area (Å²) in [5.41, 5.74) is 2.49. The number of hydrogen-bond donors (Lipinski definition) is 1. The van der Waals surface area contributed by atoms with Crippen LogP contribution in [-0.4, -0.2) is 28.6 Å². The molecule has 0 spiro atoms. The van der Waals surface area contributed by atoms with Crippen LogP contribution in [0.5, 0.6) is 5.75 Å². The summed E-state index contributed by atoms with van der Waals surface area (Å²) in [6, 6.07) is 20.3. The van der Waals surface area contributed by atoms with Crippen molar-refractivity contribution in [3.8, 4) is 5.75 Å². The lowest BCUT2D eigenvalue weighted by molar-refractivity contribution is -0.140. The Hall–Kier alpha value is -2.87. The second-order valence-corrected chi connectivity index (χ2v) is 9.57. The van der Waals surface area contributed by atoms with E-state index in [1.54, 1.807) is 13.2 Å². The molecular formula is C25H26ClNO5S. The molecule has 0 fully saturated rings. The lowest BCUT2D eigenvalue weighted by Crippen LogP contribution is -2.29. The number of sulfonamides is 1. The first-order chi connectivity index (χ1) is 15.8. The van der Waals surface area contributed by atoms with Crippen molar-refractivity contribution in [2.45, 2.75) is 30.2 Å². The summed E-state index contributed by atoms with van der Waals surface area (Å²) in [6.07, 6.45) is 1.74. The Morgan fingerprint density at radius 2 is 1.64 bits per heavy atom. The molecule has 0 saturated carbocycles. The molecular weight excluding hydrogens is 462 g/mol. The molecule has 0 radical (unpaired) electrons. The number of ether oxygens (including phenoxy) is 2. The minimum Gasteiger partial charge on any atom is -0.496 e. The molecule has 3 rings (SSSR count). The van der Waals surface area contributed by atoms with Gasteiger partial charge in [-0.15, -0.1) is 0 Å². The van der Waals surface area contributed by atoms with Gasteiger partial charge in [0.25, 0.3) is 0 Å². The SMILES string of the molecule is COC(=O)CCCc1ccc(C(NS(=O)(=O)c2ccc(Cl)cc2)c2ccccc2OC)cc1. The Balaban J connectivity index is 1.91. The summed E-state index contributed by atoms with van der Waals surface area (Å²) >= 11 is 5.92. The van der Waals surface area contributed by atoms with Crippen molar-refractivity contribution in [2.24, 2.45) is 0 Å². The first-order valence-electron chi connectivity index (χ1n) is 10.4. The molecule has 8 heteroatoms. The molecule has 1 atom stereocenters. The van der Waals surface area contributed by atoms with E-state index in [1.807, 2.05) is 42.5 Å². The molecule has 6 nitrogen and oxygen atoms in total. The zero-order valence-corrected chi connectivity index (χ0v) is 20.0. The number of nitrogens with one attached hydrogen (secondary N) is 1. The Labute approximate surface area is 199 Å². The van der Waals surface area contributed by atoms with Gasteiger partial charge in [0.15, 0.2) is 0 Å². The minimum atomic E-state index is -3.85. The fourth-order valence-electron chi connectivity index (χ4n) is 3.47. The third-order valence-electron chi connectivity index (χ3n) is 5.23. The Kier molecular flexibility index (Phi) is 8.49. The Morgan fingerprint density at radius 1 is 0.970 bits per heavy atom. The molecule has 0 saturated heterocycles. The molecule has 0 amide bonds. The van der Waals surface area contributed by atoms with Crippen LogP contribution in [0.3, 0.4) is 0 Å². The molecule has 0 aliphatic rings. The van der Waals surface area contributed by atoms with Gasteiger partial charge in [-0.25, -0.2) is 8.42 Å². The summed E-state index contributed by atoms with van der Waals surface area (Å²) in [6.45, 7) is 0. The van der Waals surface area contributed by atoms with Gasteiger partial charge in [0.1, 0.15) is 5.75 Å². The van der Waals surface area contributed by atoms with Gasteiger partial charge in [0.2, 0.25) is 10.0 Å². The van der Waals surface area contributed by atoms with E-state index in [9.17, 15) is 13.2 Å². The molecule has 3 aromatic carbocycles. The number of benzene rings is 3. The highest BCUT2D eigenvalue weighted by Crippen LogP contribution is 2.32. The third kappa shape index (κ3) is 6.57. The molecule has 0 aliphatic carbocycles. The number of hydrogen-bond acceptors (Lipinski definition) is 5. The van der Waals surface area contributed by atoms with Gasteiger partial charge in [-0.3, -0.25) is 4.79 Å². The fourth-order valence-corrected chi connectivity index (χ4v) is 4.80. The van der Waals surface area contributed by atoms with Crippen molar-refractivity contribution < 1.29 is 22.7 Å². The van der Waals surface area contributed by atoms with Crippen LogP contribution >= 0.6 is 11.6 Å².